The topological polar surface area (TPSA) is 44.9 Å². The quantitative estimate of drug-likeness (QED) is 0.896. The summed E-state index contributed by atoms with van der Waals surface area (Å²) in [6.45, 7) is 2.08. The fourth-order valence-electron chi connectivity index (χ4n) is 2.22. The van der Waals surface area contributed by atoms with Crippen LogP contribution in [0.3, 0.4) is 0 Å². The molecule has 3 rings (SSSR count). The predicted molar refractivity (Wildman–Crippen MR) is 75.7 cm³/mol. The number of halogens is 1. The van der Waals surface area contributed by atoms with Gasteiger partial charge in [-0.2, -0.15) is 0 Å². The van der Waals surface area contributed by atoms with Crippen LogP contribution in [0.5, 0.6) is 0 Å². The third-order valence-electron chi connectivity index (χ3n) is 3.52. The van der Waals surface area contributed by atoms with E-state index in [4.69, 9.17) is 0 Å². The molecule has 3 nitrogen and oxygen atoms in total. The van der Waals surface area contributed by atoms with E-state index >= 15 is 0 Å². The van der Waals surface area contributed by atoms with Gasteiger partial charge in [0.15, 0.2) is 0 Å². The van der Waals surface area contributed by atoms with E-state index in [0.29, 0.717) is 11.6 Å². The Kier molecular flexibility index (Phi) is 2.90. The van der Waals surface area contributed by atoms with Gasteiger partial charge in [-0.05, 0) is 43.9 Å². The van der Waals surface area contributed by atoms with Gasteiger partial charge in [-0.15, -0.1) is 0 Å². The van der Waals surface area contributed by atoms with E-state index in [1.165, 1.54) is 12.8 Å². The predicted octanol–water partition coefficient (Wildman–Crippen LogP) is 3.46. The summed E-state index contributed by atoms with van der Waals surface area (Å²) in [5, 5.41) is 4.11. The van der Waals surface area contributed by atoms with Gasteiger partial charge in [-0.25, -0.2) is 0 Å². The number of fused-ring (bicyclic) bond motifs is 1. The van der Waals surface area contributed by atoms with E-state index in [1.54, 1.807) is 0 Å². The van der Waals surface area contributed by atoms with Crippen molar-refractivity contribution in [1.82, 2.24) is 10.3 Å². The van der Waals surface area contributed by atoms with Crippen molar-refractivity contribution in [3.05, 3.63) is 34.4 Å². The molecule has 2 N–H and O–H groups in total. The SMILES string of the molecule is CC(NC(=O)c1cc2ccc(Br)cc2[nH]1)C1CC1. The Bertz CT molecular complexity index is 601. The van der Waals surface area contributed by atoms with E-state index in [2.05, 4.69) is 33.2 Å². The van der Waals surface area contributed by atoms with E-state index in [-0.39, 0.29) is 11.9 Å². The number of carbonyl (C=O) groups is 1. The molecule has 1 atom stereocenters. The molecule has 1 aliphatic carbocycles. The van der Waals surface area contributed by atoms with Crippen LogP contribution in [0.1, 0.15) is 30.3 Å². The molecule has 0 radical (unpaired) electrons. The van der Waals surface area contributed by atoms with Crippen LogP contribution in [-0.4, -0.2) is 16.9 Å². The number of carbonyl (C=O) groups excluding carboxylic acids is 1. The molecule has 1 amide bonds. The highest BCUT2D eigenvalue weighted by molar-refractivity contribution is 9.10. The van der Waals surface area contributed by atoms with Crippen LogP contribution in [-0.2, 0) is 0 Å². The van der Waals surface area contributed by atoms with Crippen molar-refractivity contribution in [3.8, 4) is 0 Å². The number of hydrogen-bond acceptors (Lipinski definition) is 1. The van der Waals surface area contributed by atoms with Gasteiger partial charge in [-0.1, -0.05) is 22.0 Å². The fourth-order valence-corrected chi connectivity index (χ4v) is 2.58. The largest absolute Gasteiger partial charge is 0.350 e. The molecule has 1 aromatic carbocycles. The lowest BCUT2D eigenvalue weighted by molar-refractivity contribution is 0.0931. The van der Waals surface area contributed by atoms with Gasteiger partial charge >= 0.3 is 0 Å². The lowest BCUT2D eigenvalue weighted by Crippen LogP contribution is -2.34. The molecule has 1 aliphatic rings. The molecule has 1 saturated carbocycles. The maximum absolute atomic E-state index is 12.1. The van der Waals surface area contributed by atoms with Gasteiger partial charge in [0, 0.05) is 21.4 Å². The number of benzene rings is 1. The van der Waals surface area contributed by atoms with Crippen molar-refractivity contribution in [1.29, 1.82) is 0 Å². The Balaban J connectivity index is 1.82. The molecule has 18 heavy (non-hydrogen) atoms. The average Bonchev–Trinajstić information content (AvgIpc) is 3.09. The molecule has 1 heterocycles. The Labute approximate surface area is 114 Å². The number of amides is 1. The number of hydrogen-bond donors (Lipinski definition) is 2. The van der Waals surface area contributed by atoms with Crippen LogP contribution in [0.15, 0.2) is 28.7 Å². The highest BCUT2D eigenvalue weighted by atomic mass is 79.9. The first-order chi connectivity index (χ1) is 8.63. The highest BCUT2D eigenvalue weighted by Crippen LogP contribution is 2.32. The maximum atomic E-state index is 12.1. The van der Waals surface area contributed by atoms with E-state index in [9.17, 15) is 4.79 Å². The molecule has 94 valence electrons. The van der Waals surface area contributed by atoms with Crippen LogP contribution >= 0.6 is 15.9 Å². The summed E-state index contributed by atoms with van der Waals surface area (Å²) in [4.78, 5) is 15.2. The van der Waals surface area contributed by atoms with Gasteiger partial charge < -0.3 is 10.3 Å². The monoisotopic (exact) mass is 306 g/mol. The van der Waals surface area contributed by atoms with Crippen molar-refractivity contribution in [2.75, 3.05) is 0 Å². The van der Waals surface area contributed by atoms with Crippen molar-refractivity contribution < 1.29 is 4.79 Å². The Morgan fingerprint density at radius 1 is 1.44 bits per heavy atom. The molecule has 0 bridgehead atoms. The van der Waals surface area contributed by atoms with Crippen LogP contribution < -0.4 is 5.32 Å². The first-order valence-electron chi connectivity index (χ1n) is 6.22. The molecular weight excluding hydrogens is 292 g/mol. The number of rotatable bonds is 3. The van der Waals surface area contributed by atoms with Gasteiger partial charge in [0.05, 0.1) is 0 Å². The summed E-state index contributed by atoms with van der Waals surface area (Å²) in [6.07, 6.45) is 2.47. The summed E-state index contributed by atoms with van der Waals surface area (Å²) in [7, 11) is 0. The number of aromatic amines is 1. The number of nitrogens with one attached hydrogen (secondary N) is 2. The van der Waals surface area contributed by atoms with Crippen molar-refractivity contribution in [2.45, 2.75) is 25.8 Å². The smallest absolute Gasteiger partial charge is 0.267 e. The Morgan fingerprint density at radius 3 is 2.94 bits per heavy atom. The van der Waals surface area contributed by atoms with Gasteiger partial charge in [0.1, 0.15) is 5.69 Å². The zero-order valence-corrected chi connectivity index (χ0v) is 11.8. The normalized spacial score (nSPS) is 16.8. The van der Waals surface area contributed by atoms with Crippen molar-refractivity contribution >= 4 is 32.7 Å². The average molecular weight is 307 g/mol. The fraction of sp³-hybridized carbons (Fsp3) is 0.357. The molecule has 1 aromatic heterocycles. The summed E-state index contributed by atoms with van der Waals surface area (Å²) < 4.78 is 1.01. The zero-order chi connectivity index (χ0) is 12.7. The maximum Gasteiger partial charge on any atom is 0.267 e. The molecule has 4 heteroatoms. The summed E-state index contributed by atoms with van der Waals surface area (Å²) in [5.41, 5.74) is 1.62. The second-order valence-electron chi connectivity index (χ2n) is 5.01. The summed E-state index contributed by atoms with van der Waals surface area (Å²) >= 11 is 3.43. The second kappa shape index (κ2) is 4.43. The van der Waals surface area contributed by atoms with Crippen LogP contribution in [0.4, 0.5) is 0 Å². The lowest BCUT2D eigenvalue weighted by Gasteiger charge is -2.11. The van der Waals surface area contributed by atoms with Gasteiger partial charge in [0.25, 0.3) is 5.91 Å². The minimum absolute atomic E-state index is 0.0123. The van der Waals surface area contributed by atoms with E-state index in [0.717, 1.165) is 15.4 Å². The lowest BCUT2D eigenvalue weighted by atomic mass is 10.2. The first-order valence-corrected chi connectivity index (χ1v) is 7.02. The van der Waals surface area contributed by atoms with Crippen LogP contribution in [0, 0.1) is 5.92 Å². The molecular formula is C14H15BrN2O. The molecule has 0 aliphatic heterocycles. The molecule has 1 fully saturated rings. The highest BCUT2D eigenvalue weighted by Gasteiger charge is 2.29. The van der Waals surface area contributed by atoms with Crippen molar-refractivity contribution in [2.24, 2.45) is 5.92 Å². The molecule has 0 spiro atoms. The van der Waals surface area contributed by atoms with Gasteiger partial charge in [-0.3, -0.25) is 4.79 Å². The number of aromatic nitrogens is 1. The minimum Gasteiger partial charge on any atom is -0.350 e. The molecule has 0 saturated heterocycles. The van der Waals surface area contributed by atoms with E-state index < -0.39 is 0 Å². The Hall–Kier alpha value is -1.29. The number of H-pyrrole nitrogens is 1. The minimum atomic E-state index is -0.0123. The van der Waals surface area contributed by atoms with Crippen molar-refractivity contribution in [3.63, 3.8) is 0 Å². The zero-order valence-electron chi connectivity index (χ0n) is 10.2. The van der Waals surface area contributed by atoms with Crippen LogP contribution in [0.2, 0.25) is 0 Å². The van der Waals surface area contributed by atoms with Crippen LogP contribution in [0.25, 0.3) is 10.9 Å². The second-order valence-corrected chi connectivity index (χ2v) is 5.93. The first kappa shape index (κ1) is 11.8. The standard InChI is InChI=1S/C14H15BrN2O/c1-8(9-2-3-9)16-14(18)13-6-10-4-5-11(15)7-12(10)17-13/h4-9,17H,2-3H2,1H3,(H,16,18). The molecule has 1 unspecified atom stereocenters. The summed E-state index contributed by atoms with van der Waals surface area (Å²) in [5.74, 6) is 0.661. The van der Waals surface area contributed by atoms with Gasteiger partial charge in [0.2, 0.25) is 0 Å². The summed E-state index contributed by atoms with van der Waals surface area (Å²) in [6, 6.07) is 8.13. The Morgan fingerprint density at radius 2 is 2.22 bits per heavy atom. The molecule has 2 aromatic rings. The third kappa shape index (κ3) is 2.29. The third-order valence-corrected chi connectivity index (χ3v) is 4.01. The van der Waals surface area contributed by atoms with E-state index in [1.807, 2.05) is 24.3 Å².